The summed E-state index contributed by atoms with van der Waals surface area (Å²) in [6, 6.07) is 5.32. The maximum atomic E-state index is 14.6. The first-order valence-electron chi connectivity index (χ1n) is 13.1. The Hall–Kier alpha value is -2.42. The lowest BCUT2D eigenvalue weighted by atomic mass is 9.65. The van der Waals surface area contributed by atoms with Gasteiger partial charge in [0.2, 0.25) is 5.91 Å². The van der Waals surface area contributed by atoms with Crippen molar-refractivity contribution in [2.45, 2.75) is 70.2 Å². The maximum Gasteiger partial charge on any atom is 0.312 e. The second-order valence-electron chi connectivity index (χ2n) is 10.5. The molecule has 2 unspecified atom stereocenters. The molecular weight excluding hydrogens is 496 g/mol. The van der Waals surface area contributed by atoms with E-state index in [-0.39, 0.29) is 37.5 Å². The fourth-order valence-electron chi connectivity index (χ4n) is 6.76. The van der Waals surface area contributed by atoms with Crippen LogP contribution in [-0.4, -0.2) is 70.8 Å². The summed E-state index contributed by atoms with van der Waals surface area (Å²) in [6.45, 7) is 11.3. The first-order valence-corrected chi connectivity index (χ1v) is 13.5. The van der Waals surface area contributed by atoms with E-state index in [2.05, 4.69) is 6.58 Å². The van der Waals surface area contributed by atoms with Gasteiger partial charge in [0.15, 0.2) is 0 Å². The number of ether oxygens (including phenoxy) is 2. The Morgan fingerprint density at radius 3 is 2.59 bits per heavy atom. The standard InChI is InChI=1S/C28H37ClN2O6/c1-6-15-30(19-12-10-9-11-18(19)29)25(34)23-28-14-13-27(7-2,37-28)22(26(35)36-8-3)21(28)24(33)31(23)20(16-32)17(4)5/h6,9-12,17,20-23,32H,1,7-8,13-16H2,2-5H3/t20-,21-,22+,23?,27-,28?/m0/s1. The van der Waals surface area contributed by atoms with E-state index in [4.69, 9.17) is 21.1 Å². The van der Waals surface area contributed by atoms with Crippen molar-refractivity contribution >= 4 is 35.1 Å². The highest BCUT2D eigenvalue weighted by Gasteiger charge is 2.79. The number of aliphatic hydroxyl groups excluding tert-OH is 1. The Kier molecular flexibility index (Phi) is 7.75. The van der Waals surface area contributed by atoms with E-state index in [0.717, 1.165) is 0 Å². The van der Waals surface area contributed by atoms with Gasteiger partial charge in [-0.25, -0.2) is 0 Å². The van der Waals surface area contributed by atoms with Crippen molar-refractivity contribution in [2.75, 3.05) is 24.7 Å². The van der Waals surface area contributed by atoms with Gasteiger partial charge < -0.3 is 24.4 Å². The van der Waals surface area contributed by atoms with Crippen molar-refractivity contribution < 1.29 is 29.0 Å². The third-order valence-corrected chi connectivity index (χ3v) is 8.75. The van der Waals surface area contributed by atoms with E-state index < -0.39 is 41.1 Å². The van der Waals surface area contributed by atoms with E-state index in [0.29, 0.717) is 30.0 Å². The highest BCUT2D eigenvalue weighted by Crippen LogP contribution is 2.65. The largest absolute Gasteiger partial charge is 0.466 e. The van der Waals surface area contributed by atoms with Gasteiger partial charge in [-0.3, -0.25) is 14.4 Å². The fourth-order valence-corrected chi connectivity index (χ4v) is 7.00. The monoisotopic (exact) mass is 532 g/mol. The predicted octanol–water partition coefficient (Wildman–Crippen LogP) is 3.59. The number of esters is 1. The molecule has 1 spiro atoms. The summed E-state index contributed by atoms with van der Waals surface area (Å²) >= 11 is 6.50. The molecule has 0 aliphatic carbocycles. The van der Waals surface area contributed by atoms with Crippen LogP contribution in [0, 0.1) is 17.8 Å². The number of aliphatic hydroxyl groups is 1. The molecule has 4 rings (SSSR count). The minimum Gasteiger partial charge on any atom is -0.466 e. The van der Waals surface area contributed by atoms with Crippen molar-refractivity contribution in [2.24, 2.45) is 17.8 Å². The molecule has 3 fully saturated rings. The molecule has 0 aromatic heterocycles. The summed E-state index contributed by atoms with van der Waals surface area (Å²) < 4.78 is 12.2. The zero-order valence-corrected chi connectivity index (χ0v) is 22.7. The molecule has 1 aromatic carbocycles. The van der Waals surface area contributed by atoms with Crippen molar-refractivity contribution in [3.05, 3.63) is 41.9 Å². The van der Waals surface area contributed by atoms with Gasteiger partial charge in [-0.1, -0.05) is 50.6 Å². The number of anilines is 1. The molecule has 0 radical (unpaired) electrons. The number of para-hydroxylation sites is 1. The highest BCUT2D eigenvalue weighted by molar-refractivity contribution is 6.34. The first-order chi connectivity index (χ1) is 17.6. The molecule has 2 amide bonds. The zero-order chi connectivity index (χ0) is 27.1. The first kappa shape index (κ1) is 27.6. The molecule has 3 aliphatic heterocycles. The van der Waals surface area contributed by atoms with Crippen LogP contribution >= 0.6 is 11.6 Å². The predicted molar refractivity (Wildman–Crippen MR) is 140 cm³/mol. The summed E-state index contributed by atoms with van der Waals surface area (Å²) in [5.74, 6) is -3.05. The van der Waals surface area contributed by atoms with Gasteiger partial charge in [-0.05, 0) is 44.2 Å². The number of rotatable bonds is 10. The van der Waals surface area contributed by atoms with Gasteiger partial charge in [-0.15, -0.1) is 6.58 Å². The molecular formula is C28H37ClN2O6. The van der Waals surface area contributed by atoms with Gasteiger partial charge in [0, 0.05) is 6.54 Å². The second kappa shape index (κ2) is 10.4. The summed E-state index contributed by atoms with van der Waals surface area (Å²) in [5.41, 5.74) is -1.60. The van der Waals surface area contributed by atoms with E-state index in [1.165, 1.54) is 9.80 Å². The molecule has 3 aliphatic rings. The van der Waals surface area contributed by atoms with Crippen molar-refractivity contribution in [1.29, 1.82) is 0 Å². The van der Waals surface area contributed by atoms with E-state index >= 15 is 0 Å². The second-order valence-corrected chi connectivity index (χ2v) is 10.9. The Balaban J connectivity index is 1.90. The highest BCUT2D eigenvalue weighted by atomic mass is 35.5. The number of likely N-dealkylation sites (tertiary alicyclic amines) is 1. The lowest BCUT2D eigenvalue weighted by Crippen LogP contribution is -2.60. The Bertz CT molecular complexity index is 1080. The number of hydrogen-bond donors (Lipinski definition) is 1. The van der Waals surface area contributed by atoms with Crippen LogP contribution in [-0.2, 0) is 23.9 Å². The zero-order valence-electron chi connectivity index (χ0n) is 22.0. The number of halogens is 1. The number of carbonyl (C=O) groups excluding carboxylic acids is 3. The summed E-state index contributed by atoms with van der Waals surface area (Å²) in [5, 5.41) is 10.8. The maximum absolute atomic E-state index is 14.6. The Morgan fingerprint density at radius 1 is 1.32 bits per heavy atom. The molecule has 9 heteroatoms. The quantitative estimate of drug-likeness (QED) is 0.365. The van der Waals surface area contributed by atoms with Crippen molar-refractivity contribution in [1.82, 2.24) is 4.90 Å². The SMILES string of the molecule is C=CCN(C(=O)C1N([C@@H](CO)C(C)C)C(=O)[C@@H]2[C@H](C(=O)OCC)[C@]3(CC)CCC12O3)c1ccccc1Cl. The molecule has 37 heavy (non-hydrogen) atoms. The molecule has 1 aromatic rings. The number of hydrogen-bond acceptors (Lipinski definition) is 6. The minimum atomic E-state index is -1.22. The van der Waals surface area contributed by atoms with Gasteiger partial charge in [0.1, 0.15) is 17.6 Å². The topological polar surface area (TPSA) is 96.4 Å². The van der Waals surface area contributed by atoms with E-state index in [1.54, 1.807) is 37.3 Å². The van der Waals surface area contributed by atoms with Crippen LogP contribution in [0.15, 0.2) is 36.9 Å². The summed E-state index contributed by atoms with van der Waals surface area (Å²) in [4.78, 5) is 45.1. The minimum absolute atomic E-state index is 0.147. The fraction of sp³-hybridized carbons (Fsp3) is 0.607. The van der Waals surface area contributed by atoms with Gasteiger partial charge >= 0.3 is 5.97 Å². The third-order valence-electron chi connectivity index (χ3n) is 8.43. The molecule has 0 saturated carbocycles. The van der Waals surface area contributed by atoms with Gasteiger partial charge in [0.05, 0.1) is 41.5 Å². The van der Waals surface area contributed by atoms with Crippen molar-refractivity contribution in [3.63, 3.8) is 0 Å². The molecule has 6 atom stereocenters. The Labute approximate surface area is 223 Å². The van der Waals surface area contributed by atoms with E-state index in [1.807, 2.05) is 20.8 Å². The number of benzene rings is 1. The lowest BCUT2D eigenvalue weighted by molar-refractivity contribution is -0.162. The van der Waals surface area contributed by atoms with Crippen molar-refractivity contribution in [3.8, 4) is 0 Å². The average Bonchev–Trinajstić information content (AvgIpc) is 3.47. The third kappa shape index (κ3) is 4.08. The van der Waals surface area contributed by atoms with Crippen LogP contribution in [0.2, 0.25) is 5.02 Å². The number of carbonyl (C=O) groups is 3. The number of fused-ring (bicyclic) bond motifs is 1. The lowest BCUT2D eigenvalue weighted by Gasteiger charge is -2.40. The van der Waals surface area contributed by atoms with Crippen LogP contribution in [0.5, 0.6) is 0 Å². The molecule has 3 saturated heterocycles. The molecule has 202 valence electrons. The smallest absolute Gasteiger partial charge is 0.312 e. The van der Waals surface area contributed by atoms with Gasteiger partial charge in [0.25, 0.3) is 5.91 Å². The molecule has 8 nitrogen and oxygen atoms in total. The van der Waals surface area contributed by atoms with Crippen LogP contribution in [0.25, 0.3) is 0 Å². The summed E-state index contributed by atoms with van der Waals surface area (Å²) in [7, 11) is 0. The van der Waals surface area contributed by atoms with Crippen LogP contribution in [0.1, 0.15) is 47.0 Å². The normalized spacial score (nSPS) is 30.9. The molecule has 3 heterocycles. The number of amides is 2. The van der Waals surface area contributed by atoms with Crippen LogP contribution in [0.3, 0.4) is 0 Å². The molecule has 2 bridgehead atoms. The van der Waals surface area contributed by atoms with Crippen LogP contribution < -0.4 is 4.90 Å². The van der Waals surface area contributed by atoms with E-state index in [9.17, 15) is 19.5 Å². The van der Waals surface area contributed by atoms with Gasteiger partial charge in [-0.2, -0.15) is 0 Å². The average molecular weight is 533 g/mol. The Morgan fingerprint density at radius 2 is 2.03 bits per heavy atom. The summed E-state index contributed by atoms with van der Waals surface area (Å²) in [6.07, 6.45) is 3.09. The van der Waals surface area contributed by atoms with Crippen LogP contribution in [0.4, 0.5) is 5.69 Å². The molecule has 1 N–H and O–H groups in total. The number of nitrogens with zero attached hydrogens (tertiary/aromatic N) is 2.